The van der Waals surface area contributed by atoms with Gasteiger partial charge >= 0.3 is 19.5 Å². The fourth-order valence-corrected chi connectivity index (χ4v) is 0.241. The van der Waals surface area contributed by atoms with Crippen molar-refractivity contribution in [3.8, 4) is 0 Å². The molecule has 0 spiro atoms. The van der Waals surface area contributed by atoms with Crippen molar-refractivity contribution in [2.45, 2.75) is 0 Å². The number of aromatic nitrogens is 1. The molecule has 0 atom stereocenters. The molecule has 0 aliphatic rings. The van der Waals surface area contributed by atoms with Crippen LogP contribution in [0, 0.1) is 13.6 Å². The number of nitrogens with one attached hydrogen (secondary N) is 1. The molecular formula is C5H7NRu. The van der Waals surface area contributed by atoms with Crippen LogP contribution in [-0.2, 0) is 19.5 Å². The molecule has 7 heavy (non-hydrogen) atoms. The molecule has 1 heterocycles. The van der Waals surface area contributed by atoms with Crippen molar-refractivity contribution < 1.29 is 19.5 Å². The van der Waals surface area contributed by atoms with E-state index in [1.807, 2.05) is 18.3 Å². The zero-order valence-corrected chi connectivity index (χ0v) is 5.82. The van der Waals surface area contributed by atoms with Crippen LogP contribution in [-0.4, -0.2) is 4.98 Å². The summed E-state index contributed by atoms with van der Waals surface area (Å²) in [6.07, 6.45) is 4.56. The summed E-state index contributed by atoms with van der Waals surface area (Å²) in [6.45, 7) is 0. The Labute approximate surface area is 56.9 Å². The molecule has 0 aliphatic heterocycles. The summed E-state index contributed by atoms with van der Waals surface area (Å²) < 4.78 is 0. The van der Waals surface area contributed by atoms with E-state index in [4.69, 9.17) is 0 Å². The van der Waals surface area contributed by atoms with Crippen LogP contribution < -0.4 is 0 Å². The molecule has 0 amide bonds. The maximum Gasteiger partial charge on any atom is 2.00 e. The largest absolute Gasteiger partial charge is 2.00 e. The molecule has 0 aromatic carbocycles. The summed E-state index contributed by atoms with van der Waals surface area (Å²) in [4.78, 5) is 2.74. The van der Waals surface area contributed by atoms with Crippen molar-refractivity contribution in [1.29, 1.82) is 0 Å². The molecule has 1 N–H and O–H groups in total. The summed E-state index contributed by atoms with van der Waals surface area (Å²) in [6, 6.07) is 3.71. The van der Waals surface area contributed by atoms with Crippen LogP contribution in [0.2, 0.25) is 0 Å². The van der Waals surface area contributed by atoms with Gasteiger partial charge in [0.25, 0.3) is 0 Å². The minimum Gasteiger partial charge on any atom is -0.484 e. The average Bonchev–Trinajstić information content (AvgIpc) is 1.76. The van der Waals surface area contributed by atoms with E-state index in [0.29, 0.717) is 0 Å². The van der Waals surface area contributed by atoms with Crippen molar-refractivity contribution in [3.05, 3.63) is 32.0 Å². The molecule has 0 fully saturated rings. The van der Waals surface area contributed by atoms with Gasteiger partial charge in [-0.2, -0.15) is 18.3 Å². The third-order valence-electron chi connectivity index (χ3n) is 0.442. The van der Waals surface area contributed by atoms with Gasteiger partial charge in [0.05, 0.1) is 0 Å². The molecule has 0 unspecified atom stereocenters. The van der Waals surface area contributed by atoms with Crippen molar-refractivity contribution in [2.24, 2.45) is 0 Å². The fraction of sp³-hybridized carbons (Fsp3) is 0. The molecule has 0 bridgehead atoms. The summed E-state index contributed by atoms with van der Waals surface area (Å²) in [5, 5.41) is 0. The van der Waals surface area contributed by atoms with Crippen LogP contribution in [0.4, 0.5) is 0 Å². The van der Waals surface area contributed by atoms with Crippen LogP contribution in [0.25, 0.3) is 0 Å². The quantitative estimate of drug-likeness (QED) is 0.459. The molecule has 40 valence electrons. The Balaban J connectivity index is 0. The van der Waals surface area contributed by atoms with Crippen LogP contribution in [0.3, 0.4) is 0 Å². The van der Waals surface area contributed by atoms with Crippen molar-refractivity contribution in [2.75, 3.05) is 0 Å². The smallest absolute Gasteiger partial charge is 0.484 e. The first-order valence-electron chi connectivity index (χ1n) is 1.49. The Morgan fingerprint density at radius 2 is 2.14 bits per heavy atom. The predicted octanol–water partition coefficient (Wildman–Crippen LogP) is 1.26. The zero-order chi connectivity index (χ0) is 3.54. The number of rotatable bonds is 0. The second kappa shape index (κ2) is 5.90. The molecule has 1 aromatic heterocycles. The van der Waals surface area contributed by atoms with Gasteiger partial charge < -0.3 is 12.4 Å². The van der Waals surface area contributed by atoms with Crippen LogP contribution in [0.1, 0.15) is 0 Å². The van der Waals surface area contributed by atoms with E-state index in [2.05, 4.69) is 11.2 Å². The molecule has 0 saturated heterocycles. The second-order valence-electron chi connectivity index (χ2n) is 0.814. The Morgan fingerprint density at radius 3 is 2.29 bits per heavy atom. The van der Waals surface area contributed by atoms with Gasteiger partial charge in [-0.05, 0) is 0 Å². The number of hydrogen-bond donors (Lipinski definition) is 1. The molecule has 0 radical (unpaired) electrons. The topological polar surface area (TPSA) is 15.8 Å². The van der Waals surface area contributed by atoms with Crippen molar-refractivity contribution in [1.82, 2.24) is 4.98 Å². The Morgan fingerprint density at radius 1 is 1.43 bits per heavy atom. The van der Waals surface area contributed by atoms with Gasteiger partial charge in [-0.25, -0.2) is 0 Å². The number of aromatic amines is 1. The second-order valence-corrected chi connectivity index (χ2v) is 0.814. The van der Waals surface area contributed by atoms with E-state index in [0.717, 1.165) is 0 Å². The average molecular weight is 182 g/mol. The zero-order valence-electron chi connectivity index (χ0n) is 4.09. The van der Waals surface area contributed by atoms with Gasteiger partial charge in [0.1, 0.15) is 0 Å². The van der Waals surface area contributed by atoms with E-state index < -0.39 is 0 Å². The standard InChI is InChI=1S/C4H4N.CH3.Ru/c1-2-4-5-3-1;;/h1-3,5H;1H3;/q2*-1;+2. The predicted molar refractivity (Wildman–Crippen MR) is 26.0 cm³/mol. The van der Waals surface area contributed by atoms with Gasteiger partial charge in [0.2, 0.25) is 0 Å². The first-order chi connectivity index (χ1) is 2.50. The van der Waals surface area contributed by atoms with Crippen molar-refractivity contribution in [3.63, 3.8) is 0 Å². The number of H-pyrrole nitrogens is 1. The third kappa shape index (κ3) is 3.74. The van der Waals surface area contributed by atoms with Crippen LogP contribution in [0.5, 0.6) is 0 Å². The van der Waals surface area contributed by atoms with Crippen molar-refractivity contribution >= 4 is 0 Å². The molecular weight excluding hydrogens is 175 g/mol. The first-order valence-corrected chi connectivity index (χ1v) is 1.49. The summed E-state index contributed by atoms with van der Waals surface area (Å²) >= 11 is 0. The van der Waals surface area contributed by atoms with Gasteiger partial charge in [-0.1, -0.05) is 0 Å². The van der Waals surface area contributed by atoms with Gasteiger partial charge in [-0.3, -0.25) is 0 Å². The van der Waals surface area contributed by atoms with Crippen LogP contribution in [0.15, 0.2) is 18.3 Å². The van der Waals surface area contributed by atoms with Gasteiger partial charge in [-0.15, -0.1) is 6.20 Å². The minimum atomic E-state index is 0. The normalized spacial score (nSPS) is 5.71. The minimum absolute atomic E-state index is 0. The van der Waals surface area contributed by atoms with E-state index >= 15 is 0 Å². The third-order valence-corrected chi connectivity index (χ3v) is 0.442. The Kier molecular flexibility index (Phi) is 8.44. The fourth-order valence-electron chi connectivity index (χ4n) is 0.241. The molecule has 1 nitrogen and oxygen atoms in total. The Bertz CT molecular complexity index is 64.6. The van der Waals surface area contributed by atoms with E-state index in [1.54, 1.807) is 0 Å². The first kappa shape index (κ1) is 10.0. The SMILES string of the molecule is [CH3-].[Ru+2].[c-]1ccc[nH]1. The molecule has 0 saturated carbocycles. The maximum absolute atomic E-state index is 2.74. The van der Waals surface area contributed by atoms with E-state index in [1.165, 1.54) is 0 Å². The van der Waals surface area contributed by atoms with E-state index in [9.17, 15) is 0 Å². The molecule has 1 rings (SSSR count). The van der Waals surface area contributed by atoms with Gasteiger partial charge in [0, 0.05) is 0 Å². The molecule has 2 heteroatoms. The summed E-state index contributed by atoms with van der Waals surface area (Å²) in [5.74, 6) is 0. The van der Waals surface area contributed by atoms with Gasteiger partial charge in [0.15, 0.2) is 0 Å². The maximum atomic E-state index is 2.74. The van der Waals surface area contributed by atoms with Crippen LogP contribution >= 0.6 is 0 Å². The summed E-state index contributed by atoms with van der Waals surface area (Å²) in [7, 11) is 0. The Hall–Kier alpha value is -0.0966. The van der Waals surface area contributed by atoms with E-state index in [-0.39, 0.29) is 26.9 Å². The number of hydrogen-bond acceptors (Lipinski definition) is 0. The summed E-state index contributed by atoms with van der Waals surface area (Å²) in [5.41, 5.74) is 0. The monoisotopic (exact) mass is 183 g/mol. The molecule has 0 aliphatic carbocycles. The molecule has 1 aromatic rings.